The lowest BCUT2D eigenvalue weighted by molar-refractivity contribution is -0.116. The third kappa shape index (κ3) is 5.49. The Morgan fingerprint density at radius 3 is 1.51 bits per heavy atom. The molecule has 2 amide bonds. The lowest BCUT2D eigenvalue weighted by Crippen LogP contribution is -2.15. The van der Waals surface area contributed by atoms with E-state index in [4.69, 9.17) is 0 Å². The van der Waals surface area contributed by atoms with E-state index in [-0.39, 0.29) is 11.8 Å². The Kier molecular flexibility index (Phi) is 9.52. The summed E-state index contributed by atoms with van der Waals surface area (Å²) in [6.45, 7) is 17.0. The Morgan fingerprint density at radius 1 is 0.512 bits per heavy atom. The van der Waals surface area contributed by atoms with E-state index < -0.39 is 0 Å². The van der Waals surface area contributed by atoms with Gasteiger partial charge in [-0.15, -0.1) is 0 Å². The monoisotopic (exact) mass is 553 g/mol. The number of aromatic nitrogens is 2. The van der Waals surface area contributed by atoms with Gasteiger partial charge in [0.25, 0.3) is 11.8 Å². The zero-order valence-corrected chi connectivity index (χ0v) is 26.1. The van der Waals surface area contributed by atoms with Crippen LogP contribution in [0.15, 0.2) is 33.0 Å². The molecular formula is C35H45N4O2. The van der Waals surface area contributed by atoms with Crippen molar-refractivity contribution in [2.45, 2.75) is 107 Å². The molecule has 2 N–H and O–H groups in total. The van der Waals surface area contributed by atoms with Gasteiger partial charge in [0.15, 0.2) is 0 Å². The topological polar surface area (TPSA) is 92.2 Å². The van der Waals surface area contributed by atoms with Gasteiger partial charge in [-0.2, -0.15) is 0 Å². The van der Waals surface area contributed by atoms with Gasteiger partial charge in [0.2, 0.25) is 0 Å². The molecule has 2 aromatic heterocycles. The Hall–Kier alpha value is -3.67. The van der Waals surface area contributed by atoms with E-state index >= 15 is 0 Å². The fourth-order valence-electron chi connectivity index (χ4n) is 6.58. The van der Waals surface area contributed by atoms with Crippen LogP contribution in [0.1, 0.15) is 115 Å². The molecule has 0 bridgehead atoms. The molecule has 0 spiro atoms. The predicted octanol–water partition coefficient (Wildman–Crippen LogP) is 5.90. The molecule has 0 saturated carbocycles. The lowest BCUT2D eigenvalue weighted by Gasteiger charge is -2.04. The van der Waals surface area contributed by atoms with E-state index in [9.17, 15) is 9.59 Å². The number of carbonyl (C=O) groups is 2. The van der Waals surface area contributed by atoms with E-state index in [1.165, 1.54) is 22.3 Å². The second kappa shape index (κ2) is 12.9. The third-order valence-electron chi connectivity index (χ3n) is 8.55. The van der Waals surface area contributed by atoms with Gasteiger partial charge >= 0.3 is 0 Å². The molecule has 0 atom stereocenters. The van der Waals surface area contributed by atoms with Gasteiger partial charge in [-0.05, 0) is 103 Å². The van der Waals surface area contributed by atoms with E-state index in [2.05, 4.69) is 80.0 Å². The van der Waals surface area contributed by atoms with Gasteiger partial charge in [-0.3, -0.25) is 9.59 Å². The maximum absolute atomic E-state index is 12.5. The van der Waals surface area contributed by atoms with Crippen LogP contribution in [0.2, 0.25) is 0 Å². The maximum Gasteiger partial charge on any atom is 0.273 e. The lowest BCUT2D eigenvalue weighted by atomic mass is 10.00. The minimum absolute atomic E-state index is 0.0988. The third-order valence-corrected chi connectivity index (χ3v) is 8.55. The number of allylic oxidation sites excluding steroid dienone is 2. The zero-order valence-electron chi connectivity index (χ0n) is 26.1. The molecule has 217 valence electrons. The molecule has 4 heterocycles. The SMILES string of the molecule is CCC1=C(CC)C(/C=c2\[nH]/c(=C\c3[nH]c(/C=C4\[N]C(=O)C(CC)=C4CC)c(CC)c3CC)c(CC)c2CC)=NC1=O. The summed E-state index contributed by atoms with van der Waals surface area (Å²) >= 11 is 0. The smallest absolute Gasteiger partial charge is 0.273 e. The number of H-pyrrole nitrogens is 2. The van der Waals surface area contributed by atoms with Crippen molar-refractivity contribution < 1.29 is 9.59 Å². The van der Waals surface area contributed by atoms with Gasteiger partial charge in [-0.1, -0.05) is 55.4 Å². The molecule has 2 aliphatic rings. The Morgan fingerprint density at radius 2 is 1.00 bits per heavy atom. The highest BCUT2D eigenvalue weighted by molar-refractivity contribution is 6.31. The van der Waals surface area contributed by atoms with Crippen molar-refractivity contribution in [1.82, 2.24) is 15.3 Å². The maximum atomic E-state index is 12.5. The summed E-state index contributed by atoms with van der Waals surface area (Å²) in [4.78, 5) is 36.9. The van der Waals surface area contributed by atoms with Crippen molar-refractivity contribution in [3.63, 3.8) is 0 Å². The molecular weight excluding hydrogens is 508 g/mol. The average Bonchev–Trinajstić information content (AvgIpc) is 3.67. The highest BCUT2D eigenvalue weighted by Crippen LogP contribution is 2.31. The largest absolute Gasteiger partial charge is 0.355 e. The molecule has 6 nitrogen and oxygen atoms in total. The molecule has 41 heavy (non-hydrogen) atoms. The Bertz CT molecular complexity index is 1620. The van der Waals surface area contributed by atoms with Crippen LogP contribution in [0.3, 0.4) is 0 Å². The number of hydrogen-bond donors (Lipinski definition) is 2. The van der Waals surface area contributed by atoms with Crippen molar-refractivity contribution in [3.05, 3.63) is 72.3 Å². The molecule has 2 aromatic rings. The molecule has 0 saturated heterocycles. The number of aromatic amines is 2. The number of hydrogen-bond acceptors (Lipinski definition) is 2. The molecule has 0 fully saturated rings. The van der Waals surface area contributed by atoms with Gasteiger partial charge in [-0.25, -0.2) is 10.3 Å². The van der Waals surface area contributed by atoms with Crippen molar-refractivity contribution in [2.24, 2.45) is 4.99 Å². The van der Waals surface area contributed by atoms with Gasteiger partial charge in [0.05, 0.1) is 11.4 Å². The van der Waals surface area contributed by atoms with Crippen molar-refractivity contribution in [2.75, 3.05) is 0 Å². The van der Waals surface area contributed by atoms with Crippen molar-refractivity contribution >= 4 is 35.8 Å². The molecule has 0 aromatic carbocycles. The molecule has 6 heteroatoms. The first-order chi connectivity index (χ1) is 19.8. The average molecular weight is 554 g/mol. The predicted molar refractivity (Wildman–Crippen MR) is 169 cm³/mol. The number of aliphatic imine (C=N–C) groups is 1. The van der Waals surface area contributed by atoms with Crippen LogP contribution in [0.25, 0.3) is 18.2 Å². The number of nitrogens with one attached hydrogen (secondary N) is 2. The fraction of sp³-hybridized carbons (Fsp3) is 0.457. The summed E-state index contributed by atoms with van der Waals surface area (Å²) in [5.74, 6) is -0.198. The van der Waals surface area contributed by atoms with Crippen LogP contribution in [0.5, 0.6) is 0 Å². The van der Waals surface area contributed by atoms with Crippen LogP contribution in [-0.2, 0) is 35.3 Å². The van der Waals surface area contributed by atoms with Crippen LogP contribution in [0, 0.1) is 0 Å². The number of rotatable bonds is 11. The summed E-state index contributed by atoms with van der Waals surface area (Å²) in [6, 6.07) is 0. The summed E-state index contributed by atoms with van der Waals surface area (Å²) in [6.07, 6.45) is 12.9. The van der Waals surface area contributed by atoms with Crippen LogP contribution < -0.4 is 16.0 Å². The van der Waals surface area contributed by atoms with Crippen molar-refractivity contribution in [1.29, 1.82) is 0 Å². The van der Waals surface area contributed by atoms with Crippen molar-refractivity contribution in [3.8, 4) is 0 Å². The Balaban J connectivity index is 1.89. The Labute approximate surface area is 244 Å². The van der Waals surface area contributed by atoms with Gasteiger partial charge in [0.1, 0.15) is 0 Å². The minimum Gasteiger partial charge on any atom is -0.355 e. The molecule has 0 aliphatic carbocycles. The normalized spacial score (nSPS) is 17.7. The number of nitrogens with zero attached hydrogens (tertiary/aromatic N) is 2. The first-order valence-electron chi connectivity index (χ1n) is 15.5. The summed E-state index contributed by atoms with van der Waals surface area (Å²) in [5.41, 5.74) is 12.6. The highest BCUT2D eigenvalue weighted by Gasteiger charge is 2.27. The molecule has 0 unspecified atom stereocenters. The van der Waals surface area contributed by atoms with E-state index in [1.807, 2.05) is 13.8 Å². The minimum atomic E-state index is -0.0988. The zero-order chi connectivity index (χ0) is 29.8. The molecule has 4 rings (SSSR count). The fourth-order valence-corrected chi connectivity index (χ4v) is 6.58. The molecule has 1 radical (unpaired) electrons. The van der Waals surface area contributed by atoms with Gasteiger partial charge in [0, 0.05) is 33.2 Å². The first kappa shape index (κ1) is 30.3. The van der Waals surface area contributed by atoms with E-state index in [0.29, 0.717) is 12.8 Å². The first-order valence-corrected chi connectivity index (χ1v) is 15.5. The standard InChI is InChI=1S/C35H45N4O2/c1-9-20-22(11-3)30(18-32-24(13-5)26(15-7)34(40)38-32)36-28(20)17-29-21(10-2)23(12-4)31(37-29)19-33-25(14-6)27(16-8)35(41)39-33/h17-19,36-37H,9-16H2,1-8H3/b28-17-,30-18-,33-19-. The van der Waals surface area contributed by atoms with E-state index in [0.717, 1.165) is 94.3 Å². The number of carbonyl (C=O) groups excluding carboxylic acids is 2. The van der Waals surface area contributed by atoms with Crippen LogP contribution >= 0.6 is 0 Å². The number of amides is 2. The quantitative estimate of drug-likeness (QED) is 0.363. The highest BCUT2D eigenvalue weighted by atomic mass is 16.2. The van der Waals surface area contributed by atoms with Gasteiger partial charge < -0.3 is 9.97 Å². The van der Waals surface area contributed by atoms with Crippen LogP contribution in [0.4, 0.5) is 0 Å². The summed E-state index contributed by atoms with van der Waals surface area (Å²) < 4.78 is 0. The van der Waals surface area contributed by atoms with Crippen LogP contribution in [-0.4, -0.2) is 27.5 Å². The summed E-state index contributed by atoms with van der Waals surface area (Å²) in [7, 11) is 0. The molecule has 2 aliphatic heterocycles. The second-order valence-corrected chi connectivity index (χ2v) is 10.6. The van der Waals surface area contributed by atoms with E-state index in [1.54, 1.807) is 0 Å². The second-order valence-electron chi connectivity index (χ2n) is 10.6. The summed E-state index contributed by atoms with van der Waals surface area (Å²) in [5, 5.41) is 6.52.